The van der Waals surface area contributed by atoms with Crippen molar-refractivity contribution in [3.05, 3.63) is 0 Å². The Morgan fingerprint density at radius 1 is 1.15 bits per heavy atom. The molecule has 3 heterocycles. The van der Waals surface area contributed by atoms with Crippen LogP contribution in [0.4, 0.5) is 0 Å². The zero-order chi connectivity index (χ0) is 13.9. The van der Waals surface area contributed by atoms with Crippen molar-refractivity contribution in [1.82, 2.24) is 15.1 Å². The standard InChI is InChI=1S/C15H25N3O2/c19-14-4-2-8-18(14)15(20)11-17-9-5-12(6-10-17)13-3-1-7-16-13/h12-13,16H,1-11H2. The second kappa shape index (κ2) is 6.22. The summed E-state index contributed by atoms with van der Waals surface area (Å²) in [5.74, 6) is 0.794. The second-order valence-electron chi connectivity index (χ2n) is 6.36. The number of carbonyl (C=O) groups is 2. The largest absolute Gasteiger partial charge is 0.314 e. The van der Waals surface area contributed by atoms with E-state index in [1.54, 1.807) is 0 Å². The lowest BCUT2D eigenvalue weighted by atomic mass is 9.88. The highest BCUT2D eigenvalue weighted by Crippen LogP contribution is 2.25. The Bertz CT molecular complexity index is 371. The zero-order valence-electron chi connectivity index (χ0n) is 12.1. The molecule has 20 heavy (non-hydrogen) atoms. The van der Waals surface area contributed by atoms with Gasteiger partial charge in [0.05, 0.1) is 6.54 Å². The molecule has 3 aliphatic rings. The molecular formula is C15H25N3O2. The fraction of sp³-hybridized carbons (Fsp3) is 0.867. The van der Waals surface area contributed by atoms with Gasteiger partial charge in [-0.05, 0) is 57.7 Å². The molecule has 3 aliphatic heterocycles. The maximum absolute atomic E-state index is 12.1. The van der Waals surface area contributed by atoms with E-state index < -0.39 is 0 Å². The Balaban J connectivity index is 1.44. The van der Waals surface area contributed by atoms with Crippen molar-refractivity contribution in [3.63, 3.8) is 0 Å². The maximum atomic E-state index is 12.1. The molecule has 0 bridgehead atoms. The highest BCUT2D eigenvalue weighted by molar-refractivity contribution is 5.97. The molecule has 0 aromatic carbocycles. The third-order valence-corrected chi connectivity index (χ3v) is 5.03. The summed E-state index contributed by atoms with van der Waals surface area (Å²) in [5, 5.41) is 3.59. The van der Waals surface area contributed by atoms with Gasteiger partial charge in [0.2, 0.25) is 11.8 Å². The lowest BCUT2D eigenvalue weighted by molar-refractivity contribution is -0.142. The average Bonchev–Trinajstić information content (AvgIpc) is 3.10. The van der Waals surface area contributed by atoms with Gasteiger partial charge in [0.25, 0.3) is 0 Å². The SMILES string of the molecule is O=C1CCCN1C(=O)CN1CCC(C2CCCN2)CC1. The number of hydrogen-bond acceptors (Lipinski definition) is 4. The molecule has 1 N–H and O–H groups in total. The number of imide groups is 1. The Morgan fingerprint density at radius 3 is 2.55 bits per heavy atom. The summed E-state index contributed by atoms with van der Waals surface area (Å²) in [7, 11) is 0. The van der Waals surface area contributed by atoms with Gasteiger partial charge < -0.3 is 5.32 Å². The predicted molar refractivity (Wildman–Crippen MR) is 76.1 cm³/mol. The Morgan fingerprint density at radius 2 is 1.95 bits per heavy atom. The first kappa shape index (κ1) is 14.0. The van der Waals surface area contributed by atoms with E-state index >= 15 is 0 Å². The van der Waals surface area contributed by atoms with E-state index in [1.807, 2.05) is 0 Å². The van der Waals surface area contributed by atoms with E-state index in [0.29, 0.717) is 25.6 Å². The third-order valence-electron chi connectivity index (χ3n) is 5.03. The summed E-state index contributed by atoms with van der Waals surface area (Å²) in [5.41, 5.74) is 0. The highest BCUT2D eigenvalue weighted by Gasteiger charge is 2.31. The minimum atomic E-state index is 0.00458. The van der Waals surface area contributed by atoms with E-state index in [1.165, 1.54) is 37.1 Å². The average molecular weight is 279 g/mol. The molecule has 5 nitrogen and oxygen atoms in total. The molecular weight excluding hydrogens is 254 g/mol. The molecule has 1 atom stereocenters. The molecule has 3 rings (SSSR count). The van der Waals surface area contributed by atoms with Crippen LogP contribution in [0.5, 0.6) is 0 Å². The minimum Gasteiger partial charge on any atom is -0.314 e. The van der Waals surface area contributed by atoms with Gasteiger partial charge in [0.1, 0.15) is 0 Å². The Labute approximate surface area is 120 Å². The van der Waals surface area contributed by atoms with Crippen LogP contribution < -0.4 is 5.32 Å². The maximum Gasteiger partial charge on any atom is 0.243 e. The predicted octanol–water partition coefficient (Wildman–Crippen LogP) is 0.599. The molecule has 0 saturated carbocycles. The molecule has 1 unspecified atom stereocenters. The molecule has 2 amide bonds. The summed E-state index contributed by atoms with van der Waals surface area (Å²) < 4.78 is 0. The van der Waals surface area contributed by atoms with Crippen LogP contribution in [-0.2, 0) is 9.59 Å². The number of carbonyl (C=O) groups excluding carboxylic acids is 2. The van der Waals surface area contributed by atoms with Crippen LogP contribution in [0, 0.1) is 5.92 Å². The van der Waals surface area contributed by atoms with Crippen LogP contribution in [0.3, 0.4) is 0 Å². The van der Waals surface area contributed by atoms with Crippen LogP contribution in [-0.4, -0.2) is 60.4 Å². The van der Waals surface area contributed by atoms with Gasteiger partial charge in [-0.25, -0.2) is 0 Å². The van der Waals surface area contributed by atoms with Crippen molar-refractivity contribution in [2.45, 2.75) is 44.6 Å². The lowest BCUT2D eigenvalue weighted by Crippen LogP contribution is -2.46. The van der Waals surface area contributed by atoms with E-state index in [0.717, 1.165) is 25.4 Å². The first-order chi connectivity index (χ1) is 9.74. The van der Waals surface area contributed by atoms with Gasteiger partial charge in [-0.1, -0.05) is 0 Å². The quantitative estimate of drug-likeness (QED) is 0.822. The smallest absolute Gasteiger partial charge is 0.243 e. The number of likely N-dealkylation sites (tertiary alicyclic amines) is 2. The summed E-state index contributed by atoms with van der Waals surface area (Å²) >= 11 is 0. The van der Waals surface area contributed by atoms with Crippen molar-refractivity contribution in [2.75, 3.05) is 32.7 Å². The number of rotatable bonds is 3. The molecule has 3 saturated heterocycles. The van der Waals surface area contributed by atoms with Crippen molar-refractivity contribution < 1.29 is 9.59 Å². The monoisotopic (exact) mass is 279 g/mol. The van der Waals surface area contributed by atoms with Gasteiger partial charge >= 0.3 is 0 Å². The first-order valence-corrected chi connectivity index (χ1v) is 8.03. The first-order valence-electron chi connectivity index (χ1n) is 8.03. The summed E-state index contributed by atoms with van der Waals surface area (Å²) in [6.45, 7) is 4.21. The number of amides is 2. The molecule has 5 heteroatoms. The summed E-state index contributed by atoms with van der Waals surface area (Å²) in [6.07, 6.45) is 6.35. The van der Waals surface area contributed by atoms with Crippen LogP contribution in [0.15, 0.2) is 0 Å². The van der Waals surface area contributed by atoms with Gasteiger partial charge in [-0.2, -0.15) is 0 Å². The normalized spacial score (nSPS) is 29.3. The number of nitrogens with zero attached hydrogens (tertiary/aromatic N) is 2. The van der Waals surface area contributed by atoms with Crippen LogP contribution in [0.25, 0.3) is 0 Å². The Hall–Kier alpha value is -0.940. The molecule has 112 valence electrons. The van der Waals surface area contributed by atoms with Crippen molar-refractivity contribution in [1.29, 1.82) is 0 Å². The zero-order valence-corrected chi connectivity index (χ0v) is 12.1. The molecule has 0 radical (unpaired) electrons. The molecule has 0 aromatic heterocycles. The van der Waals surface area contributed by atoms with Crippen molar-refractivity contribution >= 4 is 11.8 Å². The van der Waals surface area contributed by atoms with E-state index in [9.17, 15) is 9.59 Å². The minimum absolute atomic E-state index is 0.00458. The molecule has 0 aliphatic carbocycles. The second-order valence-corrected chi connectivity index (χ2v) is 6.36. The van der Waals surface area contributed by atoms with Gasteiger partial charge in [-0.3, -0.25) is 19.4 Å². The van der Waals surface area contributed by atoms with Gasteiger partial charge in [0.15, 0.2) is 0 Å². The number of nitrogens with one attached hydrogen (secondary N) is 1. The lowest BCUT2D eigenvalue weighted by Gasteiger charge is -2.35. The van der Waals surface area contributed by atoms with Crippen LogP contribution >= 0.6 is 0 Å². The van der Waals surface area contributed by atoms with Crippen LogP contribution in [0.2, 0.25) is 0 Å². The molecule has 0 spiro atoms. The van der Waals surface area contributed by atoms with E-state index in [2.05, 4.69) is 10.2 Å². The van der Waals surface area contributed by atoms with Crippen molar-refractivity contribution in [2.24, 2.45) is 5.92 Å². The van der Waals surface area contributed by atoms with Crippen molar-refractivity contribution in [3.8, 4) is 0 Å². The van der Waals surface area contributed by atoms with Gasteiger partial charge in [0, 0.05) is 19.0 Å². The molecule has 3 fully saturated rings. The third kappa shape index (κ3) is 3.04. The highest BCUT2D eigenvalue weighted by atomic mass is 16.2. The summed E-state index contributed by atoms with van der Waals surface area (Å²) in [4.78, 5) is 27.3. The van der Waals surface area contributed by atoms with Gasteiger partial charge in [-0.15, -0.1) is 0 Å². The fourth-order valence-electron chi connectivity index (χ4n) is 3.82. The topological polar surface area (TPSA) is 52.7 Å². The number of piperidine rings is 1. The number of hydrogen-bond donors (Lipinski definition) is 1. The van der Waals surface area contributed by atoms with Crippen LogP contribution in [0.1, 0.15) is 38.5 Å². The van der Waals surface area contributed by atoms with E-state index in [-0.39, 0.29) is 11.8 Å². The fourth-order valence-corrected chi connectivity index (χ4v) is 3.82. The Kier molecular flexibility index (Phi) is 4.36. The molecule has 0 aromatic rings. The summed E-state index contributed by atoms with van der Waals surface area (Å²) in [6, 6.07) is 0.702. The van der Waals surface area contributed by atoms with E-state index in [4.69, 9.17) is 0 Å².